The number of halogens is 1. The number of nitrogens with zero attached hydrogens (tertiary/aromatic N) is 1. The number of phenols is 1. The van der Waals surface area contributed by atoms with Gasteiger partial charge in [-0.3, -0.25) is 4.79 Å². The van der Waals surface area contributed by atoms with Crippen molar-refractivity contribution in [3.05, 3.63) is 28.8 Å². The number of fused-ring (bicyclic) bond motifs is 1. The summed E-state index contributed by atoms with van der Waals surface area (Å²) in [5, 5.41) is 20.1. The fourth-order valence-electron chi connectivity index (χ4n) is 3.26. The van der Waals surface area contributed by atoms with E-state index in [1.807, 2.05) is 0 Å². The molecule has 1 aliphatic heterocycles. The molecule has 0 aromatic heterocycles. The average Bonchev–Trinajstić information content (AvgIpc) is 2.91. The highest BCUT2D eigenvalue weighted by Gasteiger charge is 2.43. The molecule has 0 spiro atoms. The van der Waals surface area contributed by atoms with Crippen LogP contribution in [0, 0.1) is 11.8 Å². The van der Waals surface area contributed by atoms with Crippen molar-refractivity contribution in [1.29, 1.82) is 0 Å². The minimum absolute atomic E-state index is 0.0879. The van der Waals surface area contributed by atoms with Gasteiger partial charge in [-0.05, 0) is 37.0 Å². The van der Waals surface area contributed by atoms with Crippen LogP contribution < -0.4 is 0 Å². The molecule has 1 aliphatic carbocycles. The Hall–Kier alpha value is -1.26. The van der Waals surface area contributed by atoms with Crippen molar-refractivity contribution in [2.24, 2.45) is 11.8 Å². The number of aromatic hydroxyl groups is 1. The first-order chi connectivity index (χ1) is 9.06. The molecule has 102 valence electrons. The molecule has 5 heteroatoms. The summed E-state index contributed by atoms with van der Waals surface area (Å²) in [6.07, 6.45) is 1.52. The van der Waals surface area contributed by atoms with Crippen LogP contribution in [0.2, 0.25) is 5.02 Å². The van der Waals surface area contributed by atoms with Gasteiger partial charge in [0, 0.05) is 24.0 Å². The molecule has 1 aromatic carbocycles. The standard InChI is InChI=1S/C14H16ClNO3/c15-9-2-3-10(13(18)5-9)14(19)16-6-8-1-4-12(17)11(8)7-16/h2-3,5,8,11-12,17-18H,1,4,6-7H2. The van der Waals surface area contributed by atoms with Gasteiger partial charge < -0.3 is 15.1 Å². The van der Waals surface area contributed by atoms with E-state index in [9.17, 15) is 15.0 Å². The summed E-state index contributed by atoms with van der Waals surface area (Å²) in [5.41, 5.74) is 0.277. The van der Waals surface area contributed by atoms with Crippen LogP contribution in [0.5, 0.6) is 5.75 Å². The maximum Gasteiger partial charge on any atom is 0.257 e. The molecule has 2 aliphatic rings. The zero-order chi connectivity index (χ0) is 13.6. The zero-order valence-electron chi connectivity index (χ0n) is 10.4. The first kappa shape index (κ1) is 12.8. The summed E-state index contributed by atoms with van der Waals surface area (Å²) in [6.45, 7) is 1.25. The number of phenolic OH excluding ortho intramolecular Hbond substituents is 1. The molecule has 4 nitrogen and oxygen atoms in total. The topological polar surface area (TPSA) is 60.8 Å². The Morgan fingerprint density at radius 2 is 2.11 bits per heavy atom. The van der Waals surface area contributed by atoms with Crippen molar-refractivity contribution in [3.63, 3.8) is 0 Å². The van der Waals surface area contributed by atoms with E-state index in [-0.39, 0.29) is 29.2 Å². The van der Waals surface area contributed by atoms with E-state index in [2.05, 4.69) is 0 Å². The van der Waals surface area contributed by atoms with Gasteiger partial charge in [0.15, 0.2) is 0 Å². The lowest BCUT2D eigenvalue weighted by Crippen LogP contribution is -2.31. The molecule has 2 N–H and O–H groups in total. The lowest BCUT2D eigenvalue weighted by Gasteiger charge is -2.19. The van der Waals surface area contributed by atoms with E-state index in [0.29, 0.717) is 24.0 Å². The third-order valence-corrected chi connectivity index (χ3v) is 4.53. The van der Waals surface area contributed by atoms with Gasteiger partial charge in [0.2, 0.25) is 0 Å². The minimum atomic E-state index is -0.290. The molecule has 1 saturated heterocycles. The second kappa shape index (κ2) is 4.69. The molecule has 1 aromatic rings. The fraction of sp³-hybridized carbons (Fsp3) is 0.500. The monoisotopic (exact) mass is 281 g/mol. The summed E-state index contributed by atoms with van der Waals surface area (Å²) < 4.78 is 0. The maximum absolute atomic E-state index is 12.4. The number of carbonyl (C=O) groups excluding carboxylic acids is 1. The maximum atomic E-state index is 12.4. The van der Waals surface area contributed by atoms with Crippen LogP contribution in [0.4, 0.5) is 0 Å². The van der Waals surface area contributed by atoms with Gasteiger partial charge in [-0.1, -0.05) is 11.6 Å². The van der Waals surface area contributed by atoms with Gasteiger partial charge in [0.25, 0.3) is 5.91 Å². The molecule has 3 unspecified atom stereocenters. The molecule has 0 radical (unpaired) electrons. The van der Waals surface area contributed by atoms with Crippen LogP contribution in [0.15, 0.2) is 18.2 Å². The number of benzene rings is 1. The van der Waals surface area contributed by atoms with Crippen LogP contribution in [0.25, 0.3) is 0 Å². The first-order valence-corrected chi connectivity index (χ1v) is 6.90. The Labute approximate surface area is 116 Å². The third kappa shape index (κ3) is 2.19. The van der Waals surface area contributed by atoms with Gasteiger partial charge in [-0.2, -0.15) is 0 Å². The van der Waals surface area contributed by atoms with Crippen molar-refractivity contribution in [2.75, 3.05) is 13.1 Å². The lowest BCUT2D eigenvalue weighted by atomic mass is 10.00. The molecule has 1 amide bonds. The Balaban J connectivity index is 1.78. The summed E-state index contributed by atoms with van der Waals surface area (Å²) in [5.74, 6) is 0.317. The van der Waals surface area contributed by atoms with Crippen molar-refractivity contribution < 1.29 is 15.0 Å². The molecule has 3 atom stereocenters. The highest BCUT2D eigenvalue weighted by Crippen LogP contribution is 2.39. The van der Waals surface area contributed by atoms with Crippen molar-refractivity contribution >= 4 is 17.5 Å². The molecule has 3 rings (SSSR count). The van der Waals surface area contributed by atoms with E-state index in [1.54, 1.807) is 17.0 Å². The molecule has 1 saturated carbocycles. The van der Waals surface area contributed by atoms with Crippen LogP contribution >= 0.6 is 11.6 Å². The van der Waals surface area contributed by atoms with Crippen LogP contribution in [-0.2, 0) is 0 Å². The predicted octanol–water partition coefficient (Wildman–Crippen LogP) is 1.89. The Kier molecular flexibility index (Phi) is 3.15. The fourth-order valence-corrected chi connectivity index (χ4v) is 3.42. The summed E-state index contributed by atoms with van der Waals surface area (Å²) >= 11 is 5.76. The highest BCUT2D eigenvalue weighted by atomic mass is 35.5. The van der Waals surface area contributed by atoms with Crippen molar-refractivity contribution in [2.45, 2.75) is 18.9 Å². The predicted molar refractivity (Wildman–Crippen MR) is 71.2 cm³/mol. The molecular weight excluding hydrogens is 266 g/mol. The van der Waals surface area contributed by atoms with E-state index < -0.39 is 0 Å². The minimum Gasteiger partial charge on any atom is -0.507 e. The number of hydrogen-bond acceptors (Lipinski definition) is 3. The van der Waals surface area contributed by atoms with Crippen LogP contribution in [0.1, 0.15) is 23.2 Å². The Morgan fingerprint density at radius 3 is 2.79 bits per heavy atom. The lowest BCUT2D eigenvalue weighted by molar-refractivity contribution is 0.0749. The van der Waals surface area contributed by atoms with E-state index >= 15 is 0 Å². The van der Waals surface area contributed by atoms with Crippen molar-refractivity contribution in [3.8, 4) is 5.75 Å². The molecule has 19 heavy (non-hydrogen) atoms. The summed E-state index contributed by atoms with van der Waals surface area (Å²) in [4.78, 5) is 14.1. The normalized spacial score (nSPS) is 29.6. The number of likely N-dealkylation sites (tertiary alicyclic amines) is 1. The van der Waals surface area contributed by atoms with Gasteiger partial charge in [0.05, 0.1) is 11.7 Å². The molecule has 1 heterocycles. The molecular formula is C14H16ClNO3. The van der Waals surface area contributed by atoms with Gasteiger partial charge in [-0.15, -0.1) is 0 Å². The average molecular weight is 282 g/mol. The second-order valence-electron chi connectivity index (χ2n) is 5.44. The number of hydrogen-bond donors (Lipinski definition) is 2. The largest absolute Gasteiger partial charge is 0.507 e. The Bertz CT molecular complexity index is 519. The molecule has 0 bridgehead atoms. The number of aliphatic hydroxyl groups excluding tert-OH is 1. The van der Waals surface area contributed by atoms with E-state index in [0.717, 1.165) is 12.8 Å². The van der Waals surface area contributed by atoms with Gasteiger partial charge in [-0.25, -0.2) is 0 Å². The summed E-state index contributed by atoms with van der Waals surface area (Å²) in [6, 6.07) is 4.52. The third-order valence-electron chi connectivity index (χ3n) is 4.30. The zero-order valence-corrected chi connectivity index (χ0v) is 11.2. The number of amides is 1. The second-order valence-corrected chi connectivity index (χ2v) is 5.88. The number of carbonyl (C=O) groups is 1. The SMILES string of the molecule is O=C(c1ccc(Cl)cc1O)N1CC2CCC(O)C2C1. The van der Waals surface area contributed by atoms with Gasteiger partial charge in [0.1, 0.15) is 5.75 Å². The van der Waals surface area contributed by atoms with Crippen LogP contribution in [-0.4, -0.2) is 40.2 Å². The quantitative estimate of drug-likeness (QED) is 0.826. The molecule has 2 fully saturated rings. The number of rotatable bonds is 1. The van der Waals surface area contributed by atoms with E-state index in [4.69, 9.17) is 11.6 Å². The van der Waals surface area contributed by atoms with E-state index in [1.165, 1.54) is 6.07 Å². The summed E-state index contributed by atoms with van der Waals surface area (Å²) in [7, 11) is 0. The van der Waals surface area contributed by atoms with Crippen molar-refractivity contribution in [1.82, 2.24) is 4.90 Å². The smallest absolute Gasteiger partial charge is 0.257 e. The number of aliphatic hydroxyl groups is 1. The highest BCUT2D eigenvalue weighted by molar-refractivity contribution is 6.30. The van der Waals surface area contributed by atoms with Crippen LogP contribution in [0.3, 0.4) is 0 Å². The van der Waals surface area contributed by atoms with Gasteiger partial charge >= 0.3 is 0 Å². The first-order valence-electron chi connectivity index (χ1n) is 6.52. The Morgan fingerprint density at radius 1 is 1.32 bits per heavy atom.